The number of aromatic nitrogens is 3. The Kier molecular flexibility index (Phi) is 3.80. The molecule has 1 aromatic carbocycles. The molecule has 2 aromatic heterocycles. The Morgan fingerprint density at radius 3 is 2.73 bits per heavy atom. The van der Waals surface area contributed by atoms with Crippen molar-refractivity contribution in [2.75, 3.05) is 12.3 Å². The van der Waals surface area contributed by atoms with Crippen molar-refractivity contribution < 1.29 is 9.59 Å². The molecule has 0 aliphatic carbocycles. The topological polar surface area (TPSA) is 120 Å². The van der Waals surface area contributed by atoms with Crippen molar-refractivity contribution in [3.8, 4) is 11.3 Å². The molecule has 4 rings (SSSR count). The monoisotopic (exact) mass is 350 g/mol. The maximum Gasteiger partial charge on any atom is 0.248 e. The van der Waals surface area contributed by atoms with E-state index in [1.165, 1.54) is 0 Å². The number of fused-ring (bicyclic) bond motifs is 1. The van der Waals surface area contributed by atoms with Crippen LogP contribution >= 0.6 is 0 Å². The van der Waals surface area contributed by atoms with Crippen LogP contribution in [0.15, 0.2) is 36.7 Å². The standard InChI is InChI=1S/C18H18N6O2/c19-16-15-14(11-3-5-12(6-4-11)17(20)26)22-18(24(15)9-7-21-16)13-2-1-8-23(13)10-25/h3-7,9-10,13H,1-2,8H2,(H2,19,21)(H2,20,26)/t13-/m0/s1. The average Bonchev–Trinajstić information content (AvgIpc) is 3.26. The van der Waals surface area contributed by atoms with Crippen molar-refractivity contribution in [3.05, 3.63) is 48.0 Å². The minimum Gasteiger partial charge on any atom is -0.382 e. The van der Waals surface area contributed by atoms with E-state index in [4.69, 9.17) is 16.5 Å². The molecule has 1 atom stereocenters. The zero-order valence-corrected chi connectivity index (χ0v) is 14.0. The molecule has 1 saturated heterocycles. The highest BCUT2D eigenvalue weighted by Crippen LogP contribution is 2.35. The van der Waals surface area contributed by atoms with Crippen LogP contribution in [0.3, 0.4) is 0 Å². The fourth-order valence-electron chi connectivity index (χ4n) is 3.51. The van der Waals surface area contributed by atoms with Gasteiger partial charge in [0.2, 0.25) is 12.3 Å². The molecule has 1 aliphatic heterocycles. The normalized spacial score (nSPS) is 16.9. The Labute approximate surface area is 149 Å². The summed E-state index contributed by atoms with van der Waals surface area (Å²) in [4.78, 5) is 33.4. The Balaban J connectivity index is 1.90. The molecular weight excluding hydrogens is 332 g/mol. The molecule has 1 aliphatic rings. The Morgan fingerprint density at radius 1 is 1.27 bits per heavy atom. The molecule has 2 amide bonds. The van der Waals surface area contributed by atoms with Crippen LogP contribution in [0, 0.1) is 0 Å². The van der Waals surface area contributed by atoms with Gasteiger partial charge in [-0.1, -0.05) is 12.1 Å². The third kappa shape index (κ3) is 2.46. The summed E-state index contributed by atoms with van der Waals surface area (Å²) in [6.07, 6.45) is 6.07. The molecule has 3 heterocycles. The van der Waals surface area contributed by atoms with E-state index in [0.29, 0.717) is 29.1 Å². The van der Waals surface area contributed by atoms with Gasteiger partial charge in [0.05, 0.1) is 6.04 Å². The molecule has 8 heteroatoms. The third-order valence-corrected chi connectivity index (χ3v) is 4.78. The molecule has 4 N–H and O–H groups in total. The summed E-state index contributed by atoms with van der Waals surface area (Å²) in [5, 5.41) is 0. The van der Waals surface area contributed by atoms with Crippen LogP contribution in [0.4, 0.5) is 5.82 Å². The van der Waals surface area contributed by atoms with Crippen LogP contribution < -0.4 is 11.5 Å². The maximum absolute atomic E-state index is 11.4. The Bertz CT molecular complexity index is 995. The second kappa shape index (κ2) is 6.14. The van der Waals surface area contributed by atoms with Gasteiger partial charge >= 0.3 is 0 Å². The van der Waals surface area contributed by atoms with Gasteiger partial charge in [0.1, 0.15) is 22.9 Å². The molecule has 0 bridgehead atoms. The number of imidazole rings is 1. The van der Waals surface area contributed by atoms with E-state index in [9.17, 15) is 9.59 Å². The highest BCUT2D eigenvalue weighted by atomic mass is 16.1. The highest BCUT2D eigenvalue weighted by molar-refractivity contribution is 5.94. The number of likely N-dealkylation sites (tertiary alicyclic amines) is 1. The fourth-order valence-corrected chi connectivity index (χ4v) is 3.51. The Hall–Kier alpha value is -3.42. The number of nitrogens with two attached hydrogens (primary N) is 2. The number of primary amides is 1. The van der Waals surface area contributed by atoms with E-state index in [1.54, 1.807) is 41.6 Å². The SMILES string of the molecule is NC(=O)c1ccc(-c2nc([C@@H]3CCCN3C=O)n3ccnc(N)c23)cc1. The van der Waals surface area contributed by atoms with Gasteiger partial charge in [-0.15, -0.1) is 0 Å². The first kappa shape index (κ1) is 16.1. The second-order valence-electron chi connectivity index (χ2n) is 6.29. The van der Waals surface area contributed by atoms with Crippen LogP contribution in [0.2, 0.25) is 0 Å². The summed E-state index contributed by atoms with van der Waals surface area (Å²) < 4.78 is 1.89. The number of carbonyl (C=O) groups excluding carboxylic acids is 2. The lowest BCUT2D eigenvalue weighted by atomic mass is 10.1. The van der Waals surface area contributed by atoms with Crippen LogP contribution in [-0.2, 0) is 4.79 Å². The zero-order valence-electron chi connectivity index (χ0n) is 14.0. The molecule has 0 spiro atoms. The first-order valence-electron chi connectivity index (χ1n) is 8.34. The van der Waals surface area contributed by atoms with Gasteiger partial charge in [-0.25, -0.2) is 9.97 Å². The van der Waals surface area contributed by atoms with Crippen molar-refractivity contribution in [1.82, 2.24) is 19.3 Å². The fraction of sp³-hybridized carbons (Fsp3) is 0.222. The summed E-state index contributed by atoms with van der Waals surface area (Å²) >= 11 is 0. The zero-order chi connectivity index (χ0) is 18.3. The van der Waals surface area contributed by atoms with Gasteiger partial charge in [0.15, 0.2) is 0 Å². The van der Waals surface area contributed by atoms with Gasteiger partial charge in [0.25, 0.3) is 0 Å². The molecule has 0 saturated carbocycles. The van der Waals surface area contributed by atoms with Crippen molar-refractivity contribution in [2.24, 2.45) is 5.73 Å². The lowest BCUT2D eigenvalue weighted by Crippen LogP contribution is -2.22. The summed E-state index contributed by atoms with van der Waals surface area (Å²) in [6, 6.07) is 6.78. The number of carbonyl (C=O) groups is 2. The second-order valence-corrected chi connectivity index (χ2v) is 6.29. The lowest BCUT2D eigenvalue weighted by Gasteiger charge is -2.18. The van der Waals surface area contributed by atoms with Crippen molar-refractivity contribution in [2.45, 2.75) is 18.9 Å². The molecule has 3 aromatic rings. The van der Waals surface area contributed by atoms with Gasteiger partial charge in [0, 0.05) is 30.1 Å². The summed E-state index contributed by atoms with van der Waals surface area (Å²) in [6.45, 7) is 0.715. The molecule has 0 unspecified atom stereocenters. The average molecular weight is 350 g/mol. The molecule has 1 fully saturated rings. The van der Waals surface area contributed by atoms with Gasteiger partial charge in [-0.2, -0.15) is 0 Å². The largest absolute Gasteiger partial charge is 0.382 e. The number of nitrogens with zero attached hydrogens (tertiary/aromatic N) is 4. The highest BCUT2D eigenvalue weighted by Gasteiger charge is 2.30. The molecule has 132 valence electrons. The predicted molar refractivity (Wildman–Crippen MR) is 96.1 cm³/mol. The lowest BCUT2D eigenvalue weighted by molar-refractivity contribution is -0.119. The first-order chi connectivity index (χ1) is 12.6. The maximum atomic E-state index is 11.4. The van der Waals surface area contributed by atoms with E-state index >= 15 is 0 Å². The van der Waals surface area contributed by atoms with Crippen LogP contribution in [0.25, 0.3) is 16.8 Å². The van der Waals surface area contributed by atoms with Crippen molar-refractivity contribution >= 4 is 23.7 Å². The van der Waals surface area contributed by atoms with E-state index in [1.807, 2.05) is 4.40 Å². The van der Waals surface area contributed by atoms with Crippen LogP contribution in [0.5, 0.6) is 0 Å². The minimum absolute atomic E-state index is 0.0968. The van der Waals surface area contributed by atoms with E-state index in [-0.39, 0.29) is 6.04 Å². The first-order valence-corrected chi connectivity index (χ1v) is 8.34. The van der Waals surface area contributed by atoms with E-state index in [0.717, 1.165) is 30.6 Å². The molecule has 8 nitrogen and oxygen atoms in total. The van der Waals surface area contributed by atoms with E-state index < -0.39 is 5.91 Å². The number of amides is 2. The predicted octanol–water partition coefficient (Wildman–Crippen LogP) is 1.37. The summed E-state index contributed by atoms with van der Waals surface area (Å²) in [5.74, 6) is 0.629. The van der Waals surface area contributed by atoms with Gasteiger partial charge in [-0.05, 0) is 25.0 Å². The number of nitrogen functional groups attached to an aromatic ring is 1. The smallest absolute Gasteiger partial charge is 0.248 e. The van der Waals surface area contributed by atoms with E-state index in [2.05, 4.69) is 4.98 Å². The van der Waals surface area contributed by atoms with Crippen LogP contribution in [-0.4, -0.2) is 38.1 Å². The van der Waals surface area contributed by atoms with Crippen molar-refractivity contribution in [3.63, 3.8) is 0 Å². The quantitative estimate of drug-likeness (QED) is 0.689. The summed E-state index contributed by atoms with van der Waals surface area (Å²) in [5.41, 5.74) is 14.0. The molecular formula is C18H18N6O2. The van der Waals surface area contributed by atoms with Crippen molar-refractivity contribution in [1.29, 1.82) is 0 Å². The minimum atomic E-state index is -0.485. The Morgan fingerprint density at radius 2 is 2.04 bits per heavy atom. The third-order valence-electron chi connectivity index (χ3n) is 4.78. The van der Waals surface area contributed by atoms with Crippen LogP contribution in [0.1, 0.15) is 35.1 Å². The number of anilines is 1. The van der Waals surface area contributed by atoms with Gasteiger partial charge < -0.3 is 16.4 Å². The van der Waals surface area contributed by atoms with Gasteiger partial charge in [-0.3, -0.25) is 14.0 Å². The number of rotatable bonds is 4. The molecule has 26 heavy (non-hydrogen) atoms. The number of hydrogen-bond donors (Lipinski definition) is 2. The summed E-state index contributed by atoms with van der Waals surface area (Å²) in [7, 11) is 0. The molecule has 0 radical (unpaired) electrons. The number of benzene rings is 1. The number of hydrogen-bond acceptors (Lipinski definition) is 5.